The highest BCUT2D eigenvalue weighted by Gasteiger charge is 2.36. The van der Waals surface area contributed by atoms with Gasteiger partial charge in [0.15, 0.2) is 0 Å². The van der Waals surface area contributed by atoms with Gasteiger partial charge in [-0.2, -0.15) is 0 Å². The van der Waals surface area contributed by atoms with E-state index in [0.717, 1.165) is 23.1 Å². The monoisotopic (exact) mass is 356 g/mol. The van der Waals surface area contributed by atoms with Gasteiger partial charge in [0.25, 0.3) is 0 Å². The van der Waals surface area contributed by atoms with Crippen LogP contribution in [0.15, 0.2) is 48.5 Å². The summed E-state index contributed by atoms with van der Waals surface area (Å²) in [7, 11) is 0. The number of hydrogen-bond acceptors (Lipinski definition) is 2. The van der Waals surface area contributed by atoms with E-state index in [4.69, 9.17) is 11.6 Å². The molecule has 0 saturated carbocycles. The molecule has 1 aliphatic rings. The fourth-order valence-corrected chi connectivity index (χ4v) is 3.33. The molecular weight excluding hydrogens is 336 g/mol. The molecule has 130 valence electrons. The lowest BCUT2D eigenvalue weighted by atomic mass is 9.91. The first-order chi connectivity index (χ1) is 12.1. The van der Waals surface area contributed by atoms with Crippen LogP contribution in [-0.2, 0) is 22.6 Å². The number of nitrogens with one attached hydrogen (secondary N) is 1. The molecule has 1 heterocycles. The third kappa shape index (κ3) is 3.85. The van der Waals surface area contributed by atoms with Crippen LogP contribution in [0.4, 0.5) is 0 Å². The number of nitrogens with zero attached hydrogens (tertiary/aromatic N) is 1. The first-order valence-electron chi connectivity index (χ1n) is 8.49. The van der Waals surface area contributed by atoms with Crippen LogP contribution in [0.3, 0.4) is 0 Å². The third-order valence-electron chi connectivity index (χ3n) is 4.42. The van der Waals surface area contributed by atoms with Crippen molar-refractivity contribution in [3.8, 4) is 0 Å². The molecule has 0 spiro atoms. The molecular formula is C20H21ClN2O2. The van der Waals surface area contributed by atoms with E-state index < -0.39 is 6.04 Å². The predicted octanol–water partition coefficient (Wildman–Crippen LogP) is 3.49. The zero-order valence-electron chi connectivity index (χ0n) is 14.2. The molecule has 0 aromatic heterocycles. The predicted molar refractivity (Wildman–Crippen MR) is 98.2 cm³/mol. The minimum atomic E-state index is -0.565. The number of halogens is 1. The van der Waals surface area contributed by atoms with Crippen LogP contribution in [0.1, 0.15) is 36.1 Å². The maximum absolute atomic E-state index is 12.9. The molecule has 0 radical (unpaired) electrons. The lowest BCUT2D eigenvalue weighted by Gasteiger charge is -2.36. The molecule has 2 aromatic carbocycles. The number of fused-ring (bicyclic) bond motifs is 1. The summed E-state index contributed by atoms with van der Waals surface area (Å²) in [5.41, 5.74) is 2.82. The molecule has 2 aromatic rings. The van der Waals surface area contributed by atoms with E-state index >= 15 is 0 Å². The zero-order valence-corrected chi connectivity index (χ0v) is 14.9. The van der Waals surface area contributed by atoms with Gasteiger partial charge < -0.3 is 10.2 Å². The lowest BCUT2D eigenvalue weighted by molar-refractivity contribution is -0.141. The molecule has 0 aliphatic carbocycles. The van der Waals surface area contributed by atoms with E-state index in [1.165, 1.54) is 0 Å². The second kappa shape index (κ2) is 7.70. The van der Waals surface area contributed by atoms with Gasteiger partial charge in [-0.15, -0.1) is 0 Å². The Hall–Kier alpha value is -2.33. The van der Waals surface area contributed by atoms with Crippen LogP contribution in [-0.4, -0.2) is 23.3 Å². The summed E-state index contributed by atoms with van der Waals surface area (Å²) in [6.07, 6.45) is 1.17. The van der Waals surface area contributed by atoms with Crippen LogP contribution >= 0.6 is 11.6 Å². The summed E-state index contributed by atoms with van der Waals surface area (Å²) in [5, 5.41) is 3.63. The number of benzene rings is 2. The normalized spacial score (nSPS) is 16.5. The zero-order chi connectivity index (χ0) is 17.8. The van der Waals surface area contributed by atoms with Gasteiger partial charge in [-0.3, -0.25) is 9.59 Å². The van der Waals surface area contributed by atoms with Crippen molar-refractivity contribution < 1.29 is 9.59 Å². The number of carbonyl (C=O) groups excluding carboxylic acids is 2. The standard InChI is InChI=1S/C20H21ClN2O2/c1-2-11-23-18(24)12-15-5-3-4-6-17(15)19(23)20(25)22-13-14-7-9-16(21)10-8-14/h3-10,19H,2,11-13H2,1H3,(H,22,25)/t19-/m0/s1. The van der Waals surface area contributed by atoms with Crippen LogP contribution in [0, 0.1) is 0 Å². The highest BCUT2D eigenvalue weighted by Crippen LogP contribution is 2.30. The first kappa shape index (κ1) is 17.5. The van der Waals surface area contributed by atoms with Crippen molar-refractivity contribution in [2.24, 2.45) is 0 Å². The number of rotatable bonds is 5. The fourth-order valence-electron chi connectivity index (χ4n) is 3.20. The Bertz CT molecular complexity index is 774. The van der Waals surface area contributed by atoms with Gasteiger partial charge in [0.2, 0.25) is 11.8 Å². The summed E-state index contributed by atoms with van der Waals surface area (Å²) < 4.78 is 0. The van der Waals surface area contributed by atoms with Crippen molar-refractivity contribution in [2.45, 2.75) is 32.4 Å². The second-order valence-electron chi connectivity index (χ2n) is 6.21. The average molecular weight is 357 g/mol. The van der Waals surface area contributed by atoms with Crippen molar-refractivity contribution in [3.63, 3.8) is 0 Å². The van der Waals surface area contributed by atoms with E-state index in [1.807, 2.05) is 43.3 Å². The van der Waals surface area contributed by atoms with Gasteiger partial charge in [0.1, 0.15) is 6.04 Å². The molecule has 0 saturated heterocycles. The smallest absolute Gasteiger partial charge is 0.247 e. The van der Waals surface area contributed by atoms with Crippen molar-refractivity contribution in [2.75, 3.05) is 6.54 Å². The Morgan fingerprint density at radius 2 is 1.92 bits per heavy atom. The van der Waals surface area contributed by atoms with Crippen molar-refractivity contribution in [1.29, 1.82) is 0 Å². The van der Waals surface area contributed by atoms with Gasteiger partial charge in [-0.1, -0.05) is 54.9 Å². The lowest BCUT2D eigenvalue weighted by Crippen LogP contribution is -2.47. The Balaban J connectivity index is 1.82. The molecule has 1 aliphatic heterocycles. The van der Waals surface area contributed by atoms with E-state index in [0.29, 0.717) is 24.5 Å². The minimum Gasteiger partial charge on any atom is -0.350 e. The van der Waals surface area contributed by atoms with Crippen molar-refractivity contribution in [1.82, 2.24) is 10.2 Å². The summed E-state index contributed by atoms with van der Waals surface area (Å²) in [4.78, 5) is 27.1. The Labute approximate surface area is 152 Å². The van der Waals surface area contributed by atoms with Gasteiger partial charge >= 0.3 is 0 Å². The Morgan fingerprint density at radius 1 is 1.20 bits per heavy atom. The molecule has 25 heavy (non-hydrogen) atoms. The van der Waals surface area contributed by atoms with Crippen molar-refractivity contribution >= 4 is 23.4 Å². The molecule has 1 N–H and O–H groups in total. The van der Waals surface area contributed by atoms with E-state index in [2.05, 4.69) is 5.32 Å². The van der Waals surface area contributed by atoms with E-state index in [1.54, 1.807) is 17.0 Å². The molecule has 0 bridgehead atoms. The van der Waals surface area contributed by atoms with Crippen LogP contribution in [0.25, 0.3) is 0 Å². The van der Waals surface area contributed by atoms with Gasteiger partial charge in [0, 0.05) is 18.1 Å². The quantitative estimate of drug-likeness (QED) is 0.891. The molecule has 0 unspecified atom stereocenters. The summed E-state index contributed by atoms with van der Waals surface area (Å²) in [6, 6.07) is 14.5. The SMILES string of the molecule is CCCN1C(=O)Cc2ccccc2[C@H]1C(=O)NCc1ccc(Cl)cc1. The average Bonchev–Trinajstić information content (AvgIpc) is 2.62. The number of amides is 2. The second-order valence-corrected chi connectivity index (χ2v) is 6.65. The topological polar surface area (TPSA) is 49.4 Å². The van der Waals surface area contributed by atoms with Crippen LogP contribution in [0.5, 0.6) is 0 Å². The highest BCUT2D eigenvalue weighted by molar-refractivity contribution is 6.30. The molecule has 0 fully saturated rings. The molecule has 5 heteroatoms. The van der Waals surface area contributed by atoms with Gasteiger partial charge in [0.05, 0.1) is 6.42 Å². The van der Waals surface area contributed by atoms with Crippen LogP contribution < -0.4 is 5.32 Å². The summed E-state index contributed by atoms with van der Waals surface area (Å²) >= 11 is 5.89. The Kier molecular flexibility index (Phi) is 5.39. The molecule has 1 atom stereocenters. The van der Waals surface area contributed by atoms with Gasteiger partial charge in [-0.25, -0.2) is 0 Å². The highest BCUT2D eigenvalue weighted by atomic mass is 35.5. The van der Waals surface area contributed by atoms with Gasteiger partial charge in [-0.05, 0) is 35.2 Å². The maximum Gasteiger partial charge on any atom is 0.247 e. The maximum atomic E-state index is 12.9. The molecule has 2 amide bonds. The largest absolute Gasteiger partial charge is 0.350 e. The molecule has 4 nitrogen and oxygen atoms in total. The number of hydrogen-bond donors (Lipinski definition) is 1. The van der Waals surface area contributed by atoms with Crippen LogP contribution in [0.2, 0.25) is 5.02 Å². The first-order valence-corrected chi connectivity index (χ1v) is 8.87. The fraction of sp³-hybridized carbons (Fsp3) is 0.300. The summed E-state index contributed by atoms with van der Waals surface area (Å²) in [6.45, 7) is 2.99. The summed E-state index contributed by atoms with van der Waals surface area (Å²) in [5.74, 6) is -0.143. The van der Waals surface area contributed by atoms with Crippen molar-refractivity contribution in [3.05, 3.63) is 70.2 Å². The molecule has 3 rings (SSSR count). The minimum absolute atomic E-state index is 0.00666. The van der Waals surface area contributed by atoms with E-state index in [-0.39, 0.29) is 11.8 Å². The third-order valence-corrected chi connectivity index (χ3v) is 4.67. The number of carbonyl (C=O) groups is 2. The Morgan fingerprint density at radius 3 is 2.64 bits per heavy atom. The van der Waals surface area contributed by atoms with E-state index in [9.17, 15) is 9.59 Å².